The number of carbonyl (C=O) groups is 1. The van der Waals surface area contributed by atoms with Gasteiger partial charge >= 0.3 is 5.97 Å². The molecule has 3 rings (SSSR count). The number of hydrogen-bond acceptors (Lipinski definition) is 7. The van der Waals surface area contributed by atoms with E-state index in [0.29, 0.717) is 25.7 Å². The summed E-state index contributed by atoms with van der Waals surface area (Å²) in [5, 5.41) is 15.1. The minimum absolute atomic E-state index is 0.176. The minimum Gasteiger partial charge on any atom is -0.465 e. The molecule has 0 bridgehead atoms. The third kappa shape index (κ3) is 2.80. The number of ether oxygens (including phenoxy) is 1. The van der Waals surface area contributed by atoms with Crippen molar-refractivity contribution >= 4 is 5.97 Å². The molecule has 110 valence electrons. The molecular formula is C12H20N6O2. The minimum atomic E-state index is -0.256. The second kappa shape index (κ2) is 5.84. The van der Waals surface area contributed by atoms with Crippen LogP contribution in [-0.2, 0) is 16.1 Å². The Morgan fingerprint density at radius 1 is 1.50 bits per heavy atom. The molecule has 1 saturated heterocycles. The van der Waals surface area contributed by atoms with Gasteiger partial charge in [0.15, 0.2) is 5.82 Å². The van der Waals surface area contributed by atoms with Crippen LogP contribution >= 0.6 is 0 Å². The van der Waals surface area contributed by atoms with Gasteiger partial charge in [0.25, 0.3) is 0 Å². The Hall–Kier alpha value is -1.54. The zero-order valence-corrected chi connectivity index (χ0v) is 11.7. The first kappa shape index (κ1) is 13.4. The summed E-state index contributed by atoms with van der Waals surface area (Å²) in [6, 6.07) is 0.192. The zero-order valence-electron chi connectivity index (χ0n) is 11.7. The lowest BCUT2D eigenvalue weighted by atomic mass is 10.2. The van der Waals surface area contributed by atoms with Gasteiger partial charge in [-0.1, -0.05) is 0 Å². The van der Waals surface area contributed by atoms with Gasteiger partial charge in [-0.15, -0.1) is 5.10 Å². The summed E-state index contributed by atoms with van der Waals surface area (Å²) in [6.45, 7) is 5.09. The molecule has 1 aliphatic heterocycles. The molecule has 1 unspecified atom stereocenters. The van der Waals surface area contributed by atoms with Crippen molar-refractivity contribution in [1.82, 2.24) is 30.4 Å². The van der Waals surface area contributed by atoms with Gasteiger partial charge in [-0.25, -0.2) is 4.68 Å². The van der Waals surface area contributed by atoms with Crippen LogP contribution in [-0.4, -0.2) is 63.4 Å². The lowest BCUT2D eigenvalue weighted by molar-refractivity contribution is -0.150. The van der Waals surface area contributed by atoms with E-state index in [4.69, 9.17) is 4.74 Å². The van der Waals surface area contributed by atoms with Crippen LogP contribution in [0.2, 0.25) is 0 Å². The number of nitrogens with zero attached hydrogens (tertiary/aromatic N) is 5. The fraction of sp³-hybridized carbons (Fsp3) is 0.833. The molecule has 1 saturated carbocycles. The Kier molecular flexibility index (Phi) is 3.93. The van der Waals surface area contributed by atoms with E-state index in [9.17, 15) is 4.79 Å². The maximum atomic E-state index is 12.0. The first-order chi connectivity index (χ1) is 9.79. The Labute approximate surface area is 117 Å². The van der Waals surface area contributed by atoms with E-state index in [1.165, 1.54) is 0 Å². The van der Waals surface area contributed by atoms with Crippen LogP contribution in [0.15, 0.2) is 0 Å². The molecule has 0 amide bonds. The SMILES string of the molecule is CCOC(=O)C1CNCCN1Cc1nnnn1C1CC1. The molecule has 8 nitrogen and oxygen atoms in total. The molecule has 2 fully saturated rings. The van der Waals surface area contributed by atoms with Crippen LogP contribution in [0, 0.1) is 0 Å². The topological polar surface area (TPSA) is 85.2 Å². The summed E-state index contributed by atoms with van der Waals surface area (Å²) in [5.41, 5.74) is 0. The van der Waals surface area contributed by atoms with Gasteiger partial charge < -0.3 is 10.1 Å². The molecule has 1 aliphatic carbocycles. The molecule has 0 radical (unpaired) electrons. The number of tetrazole rings is 1. The van der Waals surface area contributed by atoms with E-state index in [2.05, 4.69) is 25.7 Å². The number of esters is 1. The first-order valence-corrected chi connectivity index (χ1v) is 7.17. The zero-order chi connectivity index (χ0) is 13.9. The highest BCUT2D eigenvalue weighted by Gasteiger charge is 2.33. The van der Waals surface area contributed by atoms with Crippen molar-refractivity contribution in [3.63, 3.8) is 0 Å². The van der Waals surface area contributed by atoms with Crippen molar-refractivity contribution in [2.75, 3.05) is 26.2 Å². The number of carbonyl (C=O) groups excluding carboxylic acids is 1. The predicted molar refractivity (Wildman–Crippen MR) is 69.8 cm³/mol. The maximum Gasteiger partial charge on any atom is 0.324 e. The van der Waals surface area contributed by atoms with Crippen molar-refractivity contribution < 1.29 is 9.53 Å². The molecule has 20 heavy (non-hydrogen) atoms. The number of piperazine rings is 1. The van der Waals surface area contributed by atoms with Gasteiger partial charge in [0.2, 0.25) is 0 Å². The van der Waals surface area contributed by atoms with Crippen molar-refractivity contribution in [3.05, 3.63) is 5.82 Å². The number of rotatable bonds is 5. The summed E-state index contributed by atoms with van der Waals surface area (Å²) < 4.78 is 7.03. The third-order valence-corrected chi connectivity index (χ3v) is 3.71. The van der Waals surface area contributed by atoms with Crippen molar-refractivity contribution in [3.8, 4) is 0 Å². The average molecular weight is 280 g/mol. The normalized spacial score (nSPS) is 23.8. The van der Waals surface area contributed by atoms with Crippen LogP contribution in [0.4, 0.5) is 0 Å². The Balaban J connectivity index is 1.69. The lowest BCUT2D eigenvalue weighted by Gasteiger charge is -2.33. The summed E-state index contributed by atoms with van der Waals surface area (Å²) in [4.78, 5) is 14.1. The van der Waals surface area contributed by atoms with Gasteiger partial charge in [0.1, 0.15) is 6.04 Å². The van der Waals surface area contributed by atoms with Crippen LogP contribution < -0.4 is 5.32 Å². The molecule has 1 atom stereocenters. The second-order valence-electron chi connectivity index (χ2n) is 5.21. The average Bonchev–Trinajstić information content (AvgIpc) is 3.20. The molecule has 0 spiro atoms. The predicted octanol–water partition coefficient (Wildman–Crippen LogP) is -0.655. The third-order valence-electron chi connectivity index (χ3n) is 3.71. The molecule has 2 heterocycles. The smallest absolute Gasteiger partial charge is 0.324 e. The number of hydrogen-bond donors (Lipinski definition) is 1. The molecule has 2 aliphatic rings. The Bertz CT molecular complexity index is 472. The van der Waals surface area contributed by atoms with E-state index in [-0.39, 0.29) is 12.0 Å². The quantitative estimate of drug-likeness (QED) is 0.717. The number of aromatic nitrogens is 4. The van der Waals surface area contributed by atoms with E-state index in [1.807, 2.05) is 11.6 Å². The van der Waals surface area contributed by atoms with E-state index in [0.717, 1.165) is 31.8 Å². The number of nitrogens with one attached hydrogen (secondary N) is 1. The highest BCUT2D eigenvalue weighted by Crippen LogP contribution is 2.34. The van der Waals surface area contributed by atoms with E-state index >= 15 is 0 Å². The molecule has 0 aromatic carbocycles. The molecular weight excluding hydrogens is 260 g/mol. The second-order valence-corrected chi connectivity index (χ2v) is 5.21. The highest BCUT2D eigenvalue weighted by molar-refractivity contribution is 5.76. The Morgan fingerprint density at radius 2 is 2.35 bits per heavy atom. The fourth-order valence-corrected chi connectivity index (χ4v) is 2.51. The fourth-order valence-electron chi connectivity index (χ4n) is 2.51. The monoisotopic (exact) mass is 280 g/mol. The van der Waals surface area contributed by atoms with Crippen LogP contribution in [0.3, 0.4) is 0 Å². The molecule has 8 heteroatoms. The van der Waals surface area contributed by atoms with Gasteiger partial charge in [-0.3, -0.25) is 9.69 Å². The summed E-state index contributed by atoms with van der Waals surface area (Å²) >= 11 is 0. The van der Waals surface area contributed by atoms with Crippen LogP contribution in [0.1, 0.15) is 31.6 Å². The lowest BCUT2D eigenvalue weighted by Crippen LogP contribution is -2.55. The summed E-state index contributed by atoms with van der Waals surface area (Å²) in [5.74, 6) is 0.661. The van der Waals surface area contributed by atoms with E-state index in [1.54, 1.807) is 0 Å². The van der Waals surface area contributed by atoms with Gasteiger partial charge in [0.05, 0.1) is 19.2 Å². The standard InChI is InChI=1S/C12H20N6O2/c1-2-20-12(19)10-7-13-5-6-17(10)8-11-14-15-16-18(11)9-3-4-9/h9-10,13H,2-8H2,1H3. The Morgan fingerprint density at radius 3 is 3.10 bits per heavy atom. The first-order valence-electron chi connectivity index (χ1n) is 7.17. The van der Waals surface area contributed by atoms with Gasteiger partial charge in [-0.2, -0.15) is 0 Å². The highest BCUT2D eigenvalue weighted by atomic mass is 16.5. The molecule has 1 aromatic rings. The largest absolute Gasteiger partial charge is 0.465 e. The summed E-state index contributed by atoms with van der Waals surface area (Å²) in [7, 11) is 0. The van der Waals surface area contributed by atoms with Crippen LogP contribution in [0.25, 0.3) is 0 Å². The van der Waals surface area contributed by atoms with Gasteiger partial charge in [-0.05, 0) is 30.2 Å². The van der Waals surface area contributed by atoms with Crippen molar-refractivity contribution in [2.45, 2.75) is 38.4 Å². The molecule has 1 N–H and O–H groups in total. The van der Waals surface area contributed by atoms with Crippen molar-refractivity contribution in [1.29, 1.82) is 0 Å². The van der Waals surface area contributed by atoms with Crippen molar-refractivity contribution in [2.24, 2.45) is 0 Å². The molecule has 1 aromatic heterocycles. The summed E-state index contributed by atoms with van der Waals surface area (Å²) in [6.07, 6.45) is 2.28. The van der Waals surface area contributed by atoms with Crippen LogP contribution in [0.5, 0.6) is 0 Å². The maximum absolute atomic E-state index is 12.0. The van der Waals surface area contributed by atoms with Gasteiger partial charge in [0, 0.05) is 19.6 Å². The van der Waals surface area contributed by atoms with E-state index < -0.39 is 0 Å².